The number of rotatable bonds is 7. The lowest BCUT2D eigenvalue weighted by Gasteiger charge is -2.08. The first-order valence-corrected chi connectivity index (χ1v) is 8.99. The van der Waals surface area contributed by atoms with Crippen molar-refractivity contribution < 1.29 is 14.3 Å². The van der Waals surface area contributed by atoms with Crippen molar-refractivity contribution in [3.63, 3.8) is 0 Å². The highest BCUT2D eigenvalue weighted by Gasteiger charge is 2.24. The third kappa shape index (κ3) is 4.39. The molecule has 134 valence electrons. The number of benzene rings is 2. The van der Waals surface area contributed by atoms with Crippen LogP contribution in [0.25, 0.3) is 6.08 Å². The lowest BCUT2D eigenvalue weighted by molar-refractivity contribution is -0.129. The zero-order valence-corrected chi connectivity index (χ0v) is 15.2. The number of carbonyl (C=O) groups excluding carboxylic acids is 1. The molecule has 4 nitrogen and oxygen atoms in total. The standard InChI is InChI=1S/C22H23NO3/c1-3-4-7-13-25-20-12-6-5-10-17(20)15-19-22(24)26-21(23-19)18-11-8-9-16(2)14-18/h5-6,8-12,14-15H,3-4,7,13H2,1-2H3/b19-15-. The van der Waals surface area contributed by atoms with E-state index < -0.39 is 5.97 Å². The van der Waals surface area contributed by atoms with Gasteiger partial charge in [0.1, 0.15) is 5.75 Å². The zero-order chi connectivity index (χ0) is 18.4. The molecule has 1 heterocycles. The van der Waals surface area contributed by atoms with Gasteiger partial charge in [-0.1, -0.05) is 55.7 Å². The van der Waals surface area contributed by atoms with E-state index in [0.717, 1.165) is 41.7 Å². The van der Waals surface area contributed by atoms with Crippen LogP contribution < -0.4 is 4.74 Å². The summed E-state index contributed by atoms with van der Waals surface area (Å²) in [6.07, 6.45) is 5.02. The molecule has 26 heavy (non-hydrogen) atoms. The average Bonchev–Trinajstić information content (AvgIpc) is 3.01. The van der Waals surface area contributed by atoms with Crippen molar-refractivity contribution >= 4 is 17.9 Å². The molecule has 4 heteroatoms. The molecule has 3 rings (SSSR count). The van der Waals surface area contributed by atoms with Gasteiger partial charge in [-0.2, -0.15) is 0 Å². The Labute approximate surface area is 154 Å². The third-order valence-electron chi connectivity index (χ3n) is 4.10. The van der Waals surface area contributed by atoms with Crippen LogP contribution in [0.5, 0.6) is 5.75 Å². The van der Waals surface area contributed by atoms with Crippen LogP contribution in [-0.4, -0.2) is 18.5 Å². The average molecular weight is 349 g/mol. The van der Waals surface area contributed by atoms with E-state index in [2.05, 4.69) is 11.9 Å². The van der Waals surface area contributed by atoms with E-state index >= 15 is 0 Å². The first kappa shape index (κ1) is 17.9. The number of aliphatic imine (C=N–C) groups is 1. The molecule has 0 aliphatic carbocycles. The molecule has 0 aromatic heterocycles. The molecule has 0 amide bonds. The second kappa shape index (κ2) is 8.48. The maximum absolute atomic E-state index is 12.2. The molecule has 0 saturated carbocycles. The summed E-state index contributed by atoms with van der Waals surface area (Å²) in [5.41, 5.74) is 2.99. The number of esters is 1. The van der Waals surface area contributed by atoms with Crippen molar-refractivity contribution in [1.82, 2.24) is 0 Å². The van der Waals surface area contributed by atoms with Crippen LogP contribution in [0.3, 0.4) is 0 Å². The highest BCUT2D eigenvalue weighted by atomic mass is 16.6. The number of nitrogens with zero attached hydrogens (tertiary/aromatic N) is 1. The van der Waals surface area contributed by atoms with Crippen molar-refractivity contribution in [2.24, 2.45) is 4.99 Å². The number of aryl methyl sites for hydroxylation is 1. The fourth-order valence-electron chi connectivity index (χ4n) is 2.72. The van der Waals surface area contributed by atoms with Crippen LogP contribution in [0.15, 0.2) is 59.2 Å². The predicted octanol–water partition coefficient (Wildman–Crippen LogP) is 4.91. The Morgan fingerprint density at radius 2 is 1.96 bits per heavy atom. The topological polar surface area (TPSA) is 47.9 Å². The van der Waals surface area contributed by atoms with Crippen LogP contribution in [0.1, 0.15) is 42.9 Å². The fraction of sp³-hybridized carbons (Fsp3) is 0.273. The number of cyclic esters (lactones) is 1. The Morgan fingerprint density at radius 3 is 2.77 bits per heavy atom. The molecule has 0 saturated heterocycles. The van der Waals surface area contributed by atoms with Crippen LogP contribution in [0.2, 0.25) is 0 Å². The zero-order valence-electron chi connectivity index (χ0n) is 15.2. The van der Waals surface area contributed by atoms with Gasteiger partial charge in [0.15, 0.2) is 5.70 Å². The predicted molar refractivity (Wildman–Crippen MR) is 103 cm³/mol. The van der Waals surface area contributed by atoms with Crippen LogP contribution >= 0.6 is 0 Å². The fourth-order valence-corrected chi connectivity index (χ4v) is 2.72. The molecular weight excluding hydrogens is 326 g/mol. The van der Waals surface area contributed by atoms with Crippen LogP contribution in [-0.2, 0) is 9.53 Å². The lowest BCUT2D eigenvalue weighted by atomic mass is 10.1. The maximum atomic E-state index is 12.2. The van der Waals surface area contributed by atoms with E-state index in [9.17, 15) is 4.79 Å². The Balaban J connectivity index is 1.82. The Kier molecular flexibility index (Phi) is 5.84. The molecule has 2 aromatic rings. The minimum atomic E-state index is -0.442. The van der Waals surface area contributed by atoms with Crippen LogP contribution in [0.4, 0.5) is 0 Å². The molecular formula is C22H23NO3. The van der Waals surface area contributed by atoms with Gasteiger partial charge in [0.05, 0.1) is 6.61 Å². The molecule has 0 atom stereocenters. The second-order valence-electron chi connectivity index (χ2n) is 6.30. The molecule has 0 spiro atoms. The van der Waals surface area contributed by atoms with Gasteiger partial charge in [-0.25, -0.2) is 9.79 Å². The lowest BCUT2D eigenvalue weighted by Crippen LogP contribution is -2.05. The third-order valence-corrected chi connectivity index (χ3v) is 4.10. The Hall–Kier alpha value is -2.88. The van der Waals surface area contributed by atoms with E-state index in [-0.39, 0.29) is 5.70 Å². The summed E-state index contributed by atoms with van der Waals surface area (Å²) in [5, 5.41) is 0. The molecule has 1 aliphatic heterocycles. The first-order chi connectivity index (χ1) is 12.7. The van der Waals surface area contributed by atoms with Gasteiger partial charge in [0, 0.05) is 11.1 Å². The van der Waals surface area contributed by atoms with Crippen molar-refractivity contribution in [3.05, 3.63) is 70.9 Å². The summed E-state index contributed by atoms with van der Waals surface area (Å²) >= 11 is 0. The van der Waals surface area contributed by atoms with E-state index in [0.29, 0.717) is 12.5 Å². The summed E-state index contributed by atoms with van der Waals surface area (Å²) in [6, 6.07) is 15.4. The normalized spacial score (nSPS) is 15.1. The SMILES string of the molecule is CCCCCOc1ccccc1/C=C1\N=C(c2cccc(C)c2)OC1=O. The van der Waals surface area contributed by atoms with Gasteiger partial charge >= 0.3 is 5.97 Å². The highest BCUT2D eigenvalue weighted by molar-refractivity contribution is 6.13. The highest BCUT2D eigenvalue weighted by Crippen LogP contribution is 2.25. The first-order valence-electron chi connectivity index (χ1n) is 8.99. The molecule has 0 bridgehead atoms. The van der Waals surface area contributed by atoms with E-state index in [4.69, 9.17) is 9.47 Å². The van der Waals surface area contributed by atoms with E-state index in [1.807, 2.05) is 55.5 Å². The molecule has 0 N–H and O–H groups in total. The summed E-state index contributed by atoms with van der Waals surface area (Å²) in [5.74, 6) is 0.650. The molecule has 2 aromatic carbocycles. The number of para-hydroxylation sites is 1. The number of hydrogen-bond donors (Lipinski definition) is 0. The van der Waals surface area contributed by atoms with Crippen molar-refractivity contribution in [2.75, 3.05) is 6.61 Å². The molecule has 0 fully saturated rings. The summed E-state index contributed by atoms with van der Waals surface area (Å²) in [7, 11) is 0. The molecule has 0 radical (unpaired) electrons. The van der Waals surface area contributed by atoms with Gasteiger partial charge in [0.2, 0.25) is 5.90 Å². The van der Waals surface area contributed by atoms with Crippen LogP contribution in [0, 0.1) is 6.92 Å². The van der Waals surface area contributed by atoms with Gasteiger partial charge in [0.25, 0.3) is 0 Å². The second-order valence-corrected chi connectivity index (χ2v) is 6.30. The number of unbranched alkanes of at least 4 members (excludes halogenated alkanes) is 2. The number of hydrogen-bond acceptors (Lipinski definition) is 4. The number of ether oxygens (including phenoxy) is 2. The van der Waals surface area contributed by atoms with Gasteiger partial charge < -0.3 is 9.47 Å². The Morgan fingerprint density at radius 1 is 1.12 bits per heavy atom. The largest absolute Gasteiger partial charge is 0.493 e. The quantitative estimate of drug-likeness (QED) is 0.405. The monoisotopic (exact) mass is 349 g/mol. The molecule has 1 aliphatic rings. The minimum Gasteiger partial charge on any atom is -0.493 e. The maximum Gasteiger partial charge on any atom is 0.363 e. The van der Waals surface area contributed by atoms with E-state index in [1.165, 1.54) is 0 Å². The van der Waals surface area contributed by atoms with Gasteiger partial charge in [-0.05, 0) is 37.6 Å². The van der Waals surface area contributed by atoms with Gasteiger partial charge in [-0.15, -0.1) is 0 Å². The smallest absolute Gasteiger partial charge is 0.363 e. The van der Waals surface area contributed by atoms with Crippen molar-refractivity contribution in [2.45, 2.75) is 33.1 Å². The number of carbonyl (C=O) groups is 1. The van der Waals surface area contributed by atoms with Gasteiger partial charge in [-0.3, -0.25) is 0 Å². The van der Waals surface area contributed by atoms with Crippen molar-refractivity contribution in [3.8, 4) is 5.75 Å². The summed E-state index contributed by atoms with van der Waals surface area (Å²) < 4.78 is 11.2. The summed E-state index contributed by atoms with van der Waals surface area (Å²) in [6.45, 7) is 4.81. The summed E-state index contributed by atoms with van der Waals surface area (Å²) in [4.78, 5) is 16.6. The minimum absolute atomic E-state index is 0.283. The van der Waals surface area contributed by atoms with E-state index in [1.54, 1.807) is 6.08 Å². The van der Waals surface area contributed by atoms with Crippen molar-refractivity contribution in [1.29, 1.82) is 0 Å². The molecule has 0 unspecified atom stereocenters. The Bertz CT molecular complexity index is 852.